The quantitative estimate of drug-likeness (QED) is 0.720. The lowest BCUT2D eigenvalue weighted by atomic mass is 10.2. The number of amides is 1. The Bertz CT molecular complexity index is 688. The highest BCUT2D eigenvalue weighted by Gasteiger charge is 2.08. The summed E-state index contributed by atoms with van der Waals surface area (Å²) in [5.41, 5.74) is 2.38. The van der Waals surface area contributed by atoms with Crippen molar-refractivity contribution >= 4 is 22.5 Å². The summed E-state index contributed by atoms with van der Waals surface area (Å²) in [6.07, 6.45) is 5.00. The number of aromatic amines is 1. The minimum atomic E-state index is -0.137. The minimum Gasteiger partial charge on any atom is -0.359 e. The van der Waals surface area contributed by atoms with E-state index >= 15 is 0 Å². The van der Waals surface area contributed by atoms with Crippen LogP contribution in [0.3, 0.4) is 0 Å². The van der Waals surface area contributed by atoms with Gasteiger partial charge in [-0.3, -0.25) is 9.78 Å². The van der Waals surface area contributed by atoms with Gasteiger partial charge in [0.05, 0.1) is 5.69 Å². The summed E-state index contributed by atoms with van der Waals surface area (Å²) < 4.78 is 0. The SMILES string of the molecule is O=C(Nc1c[nH]c2ccccc12)c1ccncc1. The van der Waals surface area contributed by atoms with Crippen LogP contribution < -0.4 is 5.32 Å². The average Bonchev–Trinajstić information content (AvgIpc) is 2.83. The number of aromatic nitrogens is 2. The molecule has 0 saturated carbocycles. The molecule has 1 amide bonds. The van der Waals surface area contributed by atoms with Gasteiger partial charge in [0, 0.05) is 35.1 Å². The fourth-order valence-corrected chi connectivity index (χ4v) is 1.87. The number of H-pyrrole nitrogens is 1. The number of para-hydroxylation sites is 1. The van der Waals surface area contributed by atoms with E-state index in [1.165, 1.54) is 0 Å². The van der Waals surface area contributed by atoms with Crippen LogP contribution in [0.1, 0.15) is 10.4 Å². The first-order valence-corrected chi connectivity index (χ1v) is 5.62. The smallest absolute Gasteiger partial charge is 0.255 e. The van der Waals surface area contributed by atoms with Crippen molar-refractivity contribution in [3.05, 3.63) is 60.6 Å². The first kappa shape index (κ1) is 10.5. The number of carbonyl (C=O) groups is 1. The lowest BCUT2D eigenvalue weighted by Gasteiger charge is -2.03. The van der Waals surface area contributed by atoms with Crippen molar-refractivity contribution in [2.45, 2.75) is 0 Å². The fourth-order valence-electron chi connectivity index (χ4n) is 1.87. The molecule has 0 fully saturated rings. The number of rotatable bonds is 2. The monoisotopic (exact) mass is 237 g/mol. The molecule has 0 spiro atoms. The third-order valence-corrected chi connectivity index (χ3v) is 2.78. The number of benzene rings is 1. The molecule has 1 aromatic carbocycles. The Morgan fingerprint density at radius 1 is 1.11 bits per heavy atom. The van der Waals surface area contributed by atoms with Crippen molar-refractivity contribution in [1.29, 1.82) is 0 Å². The molecular formula is C14H11N3O. The normalized spacial score (nSPS) is 10.4. The van der Waals surface area contributed by atoms with E-state index in [0.29, 0.717) is 5.56 Å². The number of carbonyl (C=O) groups excluding carboxylic acids is 1. The van der Waals surface area contributed by atoms with Crippen LogP contribution in [0.5, 0.6) is 0 Å². The molecule has 0 bridgehead atoms. The number of anilines is 1. The van der Waals surface area contributed by atoms with Crippen molar-refractivity contribution in [3.8, 4) is 0 Å². The second kappa shape index (κ2) is 4.33. The largest absolute Gasteiger partial charge is 0.359 e. The maximum absolute atomic E-state index is 12.0. The van der Waals surface area contributed by atoms with E-state index in [1.807, 2.05) is 24.3 Å². The Morgan fingerprint density at radius 2 is 1.89 bits per heavy atom. The number of nitrogens with zero attached hydrogens (tertiary/aromatic N) is 1. The van der Waals surface area contributed by atoms with Gasteiger partial charge in [-0.2, -0.15) is 0 Å². The molecule has 0 atom stereocenters. The molecule has 0 radical (unpaired) electrons. The first-order chi connectivity index (χ1) is 8.84. The van der Waals surface area contributed by atoms with Gasteiger partial charge in [-0.05, 0) is 18.2 Å². The van der Waals surface area contributed by atoms with E-state index in [1.54, 1.807) is 30.7 Å². The maximum atomic E-state index is 12.0. The second-order valence-electron chi connectivity index (χ2n) is 3.94. The van der Waals surface area contributed by atoms with Crippen molar-refractivity contribution in [2.75, 3.05) is 5.32 Å². The van der Waals surface area contributed by atoms with Crippen molar-refractivity contribution in [2.24, 2.45) is 0 Å². The highest BCUT2D eigenvalue weighted by molar-refractivity contribution is 6.08. The van der Waals surface area contributed by atoms with E-state index in [9.17, 15) is 4.79 Å². The molecule has 4 nitrogen and oxygen atoms in total. The van der Waals surface area contributed by atoms with Gasteiger partial charge in [-0.15, -0.1) is 0 Å². The molecule has 0 aliphatic heterocycles. The molecule has 0 saturated heterocycles. The summed E-state index contributed by atoms with van der Waals surface area (Å²) >= 11 is 0. The topological polar surface area (TPSA) is 57.8 Å². The van der Waals surface area contributed by atoms with Gasteiger partial charge in [0.2, 0.25) is 0 Å². The van der Waals surface area contributed by atoms with Gasteiger partial charge in [-0.25, -0.2) is 0 Å². The first-order valence-electron chi connectivity index (χ1n) is 5.62. The molecule has 0 aliphatic carbocycles. The number of hydrogen-bond donors (Lipinski definition) is 2. The zero-order valence-corrected chi connectivity index (χ0v) is 9.55. The van der Waals surface area contributed by atoms with E-state index in [0.717, 1.165) is 16.6 Å². The number of hydrogen-bond acceptors (Lipinski definition) is 2. The van der Waals surface area contributed by atoms with Crippen LogP contribution in [0.15, 0.2) is 55.0 Å². The number of pyridine rings is 1. The molecular weight excluding hydrogens is 226 g/mol. The highest BCUT2D eigenvalue weighted by Crippen LogP contribution is 2.22. The molecule has 88 valence electrons. The molecule has 0 unspecified atom stereocenters. The Labute approximate surface area is 104 Å². The van der Waals surface area contributed by atoms with Gasteiger partial charge < -0.3 is 10.3 Å². The van der Waals surface area contributed by atoms with Gasteiger partial charge >= 0.3 is 0 Å². The van der Waals surface area contributed by atoms with Crippen molar-refractivity contribution in [1.82, 2.24) is 9.97 Å². The summed E-state index contributed by atoms with van der Waals surface area (Å²) in [4.78, 5) is 19.0. The Kier molecular flexibility index (Phi) is 2.53. The predicted molar refractivity (Wildman–Crippen MR) is 70.5 cm³/mol. The summed E-state index contributed by atoms with van der Waals surface area (Å²) in [5, 5.41) is 3.88. The second-order valence-corrected chi connectivity index (χ2v) is 3.94. The van der Waals surface area contributed by atoms with Crippen LogP contribution in [0.4, 0.5) is 5.69 Å². The van der Waals surface area contributed by atoms with Crippen LogP contribution in [0.25, 0.3) is 10.9 Å². The van der Waals surface area contributed by atoms with Crippen LogP contribution in [0.2, 0.25) is 0 Å². The van der Waals surface area contributed by atoms with Crippen LogP contribution in [-0.2, 0) is 0 Å². The molecule has 3 rings (SSSR count). The van der Waals surface area contributed by atoms with Gasteiger partial charge in [0.15, 0.2) is 0 Å². The summed E-state index contributed by atoms with van der Waals surface area (Å²) in [5.74, 6) is -0.137. The summed E-state index contributed by atoms with van der Waals surface area (Å²) in [6, 6.07) is 11.2. The molecule has 3 aromatic rings. The van der Waals surface area contributed by atoms with E-state index in [2.05, 4.69) is 15.3 Å². The predicted octanol–water partition coefficient (Wildman–Crippen LogP) is 2.82. The van der Waals surface area contributed by atoms with E-state index in [-0.39, 0.29) is 5.91 Å². The van der Waals surface area contributed by atoms with Gasteiger partial charge in [-0.1, -0.05) is 18.2 Å². The number of fused-ring (bicyclic) bond motifs is 1. The average molecular weight is 237 g/mol. The van der Waals surface area contributed by atoms with Crippen LogP contribution in [-0.4, -0.2) is 15.9 Å². The summed E-state index contributed by atoms with van der Waals surface area (Å²) in [7, 11) is 0. The van der Waals surface area contributed by atoms with Gasteiger partial charge in [0.1, 0.15) is 0 Å². The van der Waals surface area contributed by atoms with Crippen LogP contribution >= 0.6 is 0 Å². The summed E-state index contributed by atoms with van der Waals surface area (Å²) in [6.45, 7) is 0. The van der Waals surface area contributed by atoms with Crippen molar-refractivity contribution < 1.29 is 4.79 Å². The molecule has 2 aromatic heterocycles. The fraction of sp³-hybridized carbons (Fsp3) is 0. The third kappa shape index (κ3) is 1.84. The molecule has 0 aliphatic rings. The van der Waals surface area contributed by atoms with Crippen molar-refractivity contribution in [3.63, 3.8) is 0 Å². The highest BCUT2D eigenvalue weighted by atomic mass is 16.1. The molecule has 2 N–H and O–H groups in total. The Morgan fingerprint density at radius 3 is 2.72 bits per heavy atom. The number of nitrogens with one attached hydrogen (secondary N) is 2. The van der Waals surface area contributed by atoms with Crippen LogP contribution in [0, 0.1) is 0 Å². The van der Waals surface area contributed by atoms with Gasteiger partial charge in [0.25, 0.3) is 5.91 Å². The minimum absolute atomic E-state index is 0.137. The third-order valence-electron chi connectivity index (χ3n) is 2.78. The van der Waals surface area contributed by atoms with E-state index < -0.39 is 0 Å². The van der Waals surface area contributed by atoms with E-state index in [4.69, 9.17) is 0 Å². The molecule has 18 heavy (non-hydrogen) atoms. The molecule has 2 heterocycles. The zero-order chi connectivity index (χ0) is 12.4. The maximum Gasteiger partial charge on any atom is 0.255 e. The standard InChI is InChI=1S/C14H11N3O/c18-14(10-5-7-15-8-6-10)17-13-9-16-12-4-2-1-3-11(12)13/h1-9,16H,(H,17,18). The zero-order valence-electron chi connectivity index (χ0n) is 9.55. The lowest BCUT2D eigenvalue weighted by Crippen LogP contribution is -2.11. The lowest BCUT2D eigenvalue weighted by molar-refractivity contribution is 0.102. The molecule has 4 heteroatoms. The Hall–Kier alpha value is -2.62. The Balaban J connectivity index is 1.91.